The van der Waals surface area contributed by atoms with Crippen LogP contribution in [-0.2, 0) is 16.6 Å². The maximum absolute atomic E-state index is 12.5. The minimum Gasteiger partial charge on any atom is -0.316 e. The third-order valence-electron chi connectivity index (χ3n) is 3.03. The van der Waals surface area contributed by atoms with Crippen LogP contribution in [0.5, 0.6) is 0 Å². The molecular formula is C13H17BrN4O2S. The van der Waals surface area contributed by atoms with Crippen LogP contribution >= 0.6 is 15.9 Å². The third-order valence-corrected chi connectivity index (χ3v) is 5.36. The molecule has 0 aliphatic heterocycles. The lowest BCUT2D eigenvalue weighted by Crippen LogP contribution is -2.15. The molecular weight excluding hydrogens is 356 g/mol. The standard InChI is InChI=1S/C13H17BrN4O2S/c1-8-13(9(2)17-16-8)18-21(19,20)12-5-4-10(7-15-3)6-11(12)14/h4-6,15,18H,7H2,1-3H3,(H,16,17). The van der Waals surface area contributed by atoms with Crippen molar-refractivity contribution in [2.24, 2.45) is 0 Å². The Hall–Kier alpha value is -1.38. The fourth-order valence-corrected chi connectivity index (χ4v) is 4.27. The van der Waals surface area contributed by atoms with Crippen molar-refractivity contribution in [2.75, 3.05) is 11.8 Å². The summed E-state index contributed by atoms with van der Waals surface area (Å²) in [7, 11) is -1.83. The SMILES string of the molecule is CNCc1ccc(S(=O)(=O)Nc2c(C)n[nH]c2C)c(Br)c1. The van der Waals surface area contributed by atoms with E-state index in [1.165, 1.54) is 0 Å². The number of anilines is 1. The zero-order valence-corrected chi connectivity index (χ0v) is 14.4. The average molecular weight is 373 g/mol. The molecule has 2 aromatic rings. The average Bonchev–Trinajstić information content (AvgIpc) is 2.70. The van der Waals surface area contributed by atoms with Gasteiger partial charge in [0.15, 0.2) is 0 Å². The molecule has 0 aliphatic rings. The maximum Gasteiger partial charge on any atom is 0.263 e. The van der Waals surface area contributed by atoms with Gasteiger partial charge in [-0.25, -0.2) is 8.42 Å². The number of rotatable bonds is 5. The molecule has 1 aromatic carbocycles. The summed E-state index contributed by atoms with van der Waals surface area (Å²) in [5.74, 6) is 0. The Bertz CT molecular complexity index is 736. The van der Waals surface area contributed by atoms with Crippen LogP contribution < -0.4 is 10.0 Å². The number of nitrogens with one attached hydrogen (secondary N) is 3. The summed E-state index contributed by atoms with van der Waals surface area (Å²) < 4.78 is 28.1. The van der Waals surface area contributed by atoms with Gasteiger partial charge in [-0.15, -0.1) is 0 Å². The van der Waals surface area contributed by atoms with Crippen LogP contribution in [0.25, 0.3) is 0 Å². The molecule has 0 bridgehead atoms. The van der Waals surface area contributed by atoms with E-state index in [1.807, 2.05) is 7.05 Å². The predicted octanol–water partition coefficient (Wildman–Crippen LogP) is 2.31. The van der Waals surface area contributed by atoms with E-state index in [0.717, 1.165) is 5.56 Å². The van der Waals surface area contributed by atoms with E-state index in [4.69, 9.17) is 0 Å². The van der Waals surface area contributed by atoms with E-state index in [-0.39, 0.29) is 4.90 Å². The Morgan fingerprint density at radius 1 is 1.33 bits per heavy atom. The van der Waals surface area contributed by atoms with Crippen LogP contribution in [0.4, 0.5) is 5.69 Å². The lowest BCUT2D eigenvalue weighted by molar-refractivity contribution is 0.600. The largest absolute Gasteiger partial charge is 0.316 e. The van der Waals surface area contributed by atoms with Gasteiger partial charge in [-0.05, 0) is 54.5 Å². The van der Waals surface area contributed by atoms with Crippen molar-refractivity contribution in [3.63, 3.8) is 0 Å². The number of aromatic nitrogens is 2. The molecule has 3 N–H and O–H groups in total. The number of halogens is 1. The van der Waals surface area contributed by atoms with E-state index in [2.05, 4.69) is 36.2 Å². The van der Waals surface area contributed by atoms with E-state index in [9.17, 15) is 8.42 Å². The molecule has 1 aromatic heterocycles. The first-order valence-electron chi connectivity index (χ1n) is 6.32. The zero-order chi connectivity index (χ0) is 15.6. The number of hydrogen-bond acceptors (Lipinski definition) is 4. The molecule has 0 radical (unpaired) electrons. The number of benzene rings is 1. The molecule has 1 heterocycles. The smallest absolute Gasteiger partial charge is 0.263 e. The molecule has 0 spiro atoms. The van der Waals surface area contributed by atoms with Gasteiger partial charge in [0, 0.05) is 11.0 Å². The first kappa shape index (κ1) is 16.0. The van der Waals surface area contributed by atoms with Crippen molar-refractivity contribution in [3.8, 4) is 0 Å². The molecule has 8 heteroatoms. The van der Waals surface area contributed by atoms with Gasteiger partial charge in [-0.2, -0.15) is 5.10 Å². The van der Waals surface area contributed by atoms with Gasteiger partial charge in [0.25, 0.3) is 10.0 Å². The minimum atomic E-state index is -3.67. The molecule has 6 nitrogen and oxygen atoms in total. The van der Waals surface area contributed by atoms with Crippen LogP contribution in [0, 0.1) is 13.8 Å². The Labute approximate surface area is 132 Å². The van der Waals surface area contributed by atoms with Crippen molar-refractivity contribution in [2.45, 2.75) is 25.3 Å². The van der Waals surface area contributed by atoms with E-state index < -0.39 is 10.0 Å². The fourth-order valence-electron chi connectivity index (χ4n) is 1.97. The molecule has 114 valence electrons. The highest BCUT2D eigenvalue weighted by molar-refractivity contribution is 9.10. The van der Waals surface area contributed by atoms with Crippen LogP contribution in [0.15, 0.2) is 27.6 Å². The molecule has 0 unspecified atom stereocenters. The molecule has 21 heavy (non-hydrogen) atoms. The highest BCUT2D eigenvalue weighted by Gasteiger charge is 2.20. The lowest BCUT2D eigenvalue weighted by atomic mass is 10.2. The summed E-state index contributed by atoms with van der Waals surface area (Å²) in [6.45, 7) is 4.18. The van der Waals surface area contributed by atoms with E-state index in [1.54, 1.807) is 32.0 Å². The van der Waals surface area contributed by atoms with Gasteiger partial charge >= 0.3 is 0 Å². The topological polar surface area (TPSA) is 86.9 Å². The van der Waals surface area contributed by atoms with Gasteiger partial charge < -0.3 is 5.32 Å². The summed E-state index contributed by atoms with van der Waals surface area (Å²) in [5.41, 5.74) is 2.78. The molecule has 0 fully saturated rings. The fraction of sp³-hybridized carbons (Fsp3) is 0.308. The van der Waals surface area contributed by atoms with Gasteiger partial charge in [-0.1, -0.05) is 6.07 Å². The monoisotopic (exact) mass is 372 g/mol. The molecule has 0 atom stereocenters. The normalized spacial score (nSPS) is 11.6. The van der Waals surface area contributed by atoms with Crippen LogP contribution in [0.3, 0.4) is 0 Å². The Balaban J connectivity index is 2.36. The minimum absolute atomic E-state index is 0.197. The maximum atomic E-state index is 12.5. The molecule has 0 amide bonds. The summed E-state index contributed by atoms with van der Waals surface area (Å²) in [6.07, 6.45) is 0. The second-order valence-electron chi connectivity index (χ2n) is 4.71. The quantitative estimate of drug-likeness (QED) is 0.751. The second kappa shape index (κ2) is 6.17. The second-order valence-corrected chi connectivity index (χ2v) is 7.21. The van der Waals surface area contributed by atoms with Crippen molar-refractivity contribution in [1.29, 1.82) is 0 Å². The molecule has 0 saturated carbocycles. The number of nitrogens with zero attached hydrogens (tertiary/aromatic N) is 1. The summed E-state index contributed by atoms with van der Waals surface area (Å²) >= 11 is 3.32. The summed E-state index contributed by atoms with van der Waals surface area (Å²) in [5, 5.41) is 9.76. The highest BCUT2D eigenvalue weighted by Crippen LogP contribution is 2.27. The van der Waals surface area contributed by atoms with Crippen molar-refractivity contribution < 1.29 is 8.42 Å². The third kappa shape index (κ3) is 3.45. The first-order chi connectivity index (χ1) is 9.85. The predicted molar refractivity (Wildman–Crippen MR) is 85.8 cm³/mol. The van der Waals surface area contributed by atoms with Crippen LogP contribution in [-0.4, -0.2) is 25.7 Å². The number of sulfonamides is 1. The summed E-state index contributed by atoms with van der Waals surface area (Å²) in [6, 6.07) is 5.16. The van der Waals surface area contributed by atoms with Gasteiger partial charge in [0.1, 0.15) is 4.90 Å². The number of H-pyrrole nitrogens is 1. The first-order valence-corrected chi connectivity index (χ1v) is 8.60. The Kier molecular flexibility index (Phi) is 4.70. The Morgan fingerprint density at radius 2 is 2.05 bits per heavy atom. The Morgan fingerprint density at radius 3 is 2.57 bits per heavy atom. The highest BCUT2D eigenvalue weighted by atomic mass is 79.9. The lowest BCUT2D eigenvalue weighted by Gasteiger charge is -2.11. The van der Waals surface area contributed by atoms with Crippen molar-refractivity contribution in [1.82, 2.24) is 15.5 Å². The van der Waals surface area contributed by atoms with E-state index in [0.29, 0.717) is 28.1 Å². The number of hydrogen-bond donors (Lipinski definition) is 3. The van der Waals surface area contributed by atoms with Crippen LogP contribution in [0.1, 0.15) is 17.0 Å². The number of aromatic amines is 1. The van der Waals surface area contributed by atoms with Crippen molar-refractivity contribution in [3.05, 3.63) is 39.6 Å². The molecule has 0 aliphatic carbocycles. The van der Waals surface area contributed by atoms with E-state index >= 15 is 0 Å². The number of aryl methyl sites for hydroxylation is 2. The van der Waals surface area contributed by atoms with Gasteiger partial charge in [0.2, 0.25) is 0 Å². The summed E-state index contributed by atoms with van der Waals surface area (Å²) in [4.78, 5) is 0.197. The molecule has 0 saturated heterocycles. The van der Waals surface area contributed by atoms with Gasteiger partial charge in [-0.3, -0.25) is 9.82 Å². The van der Waals surface area contributed by atoms with Crippen LogP contribution in [0.2, 0.25) is 0 Å². The van der Waals surface area contributed by atoms with Gasteiger partial charge in [0.05, 0.1) is 17.1 Å². The zero-order valence-electron chi connectivity index (χ0n) is 12.0. The van der Waals surface area contributed by atoms with Crippen molar-refractivity contribution >= 4 is 31.6 Å². The molecule has 2 rings (SSSR count).